The Bertz CT molecular complexity index is 448. The van der Waals surface area contributed by atoms with Gasteiger partial charge in [0.05, 0.1) is 6.20 Å². The minimum Gasteiger partial charge on any atom is -0.317 e. The monoisotopic (exact) mass is 248 g/mol. The molecular formula is C13H20N4O. The van der Waals surface area contributed by atoms with Crippen LogP contribution in [0.2, 0.25) is 0 Å². The van der Waals surface area contributed by atoms with Crippen LogP contribution in [0.4, 0.5) is 0 Å². The number of Topliss-reactive ketones (excluding diaryl/α,β-unsaturated/α-hetero) is 1. The lowest BCUT2D eigenvalue weighted by atomic mass is 9.90. The second kappa shape index (κ2) is 4.46. The summed E-state index contributed by atoms with van der Waals surface area (Å²) in [5, 5.41) is 11.3. The predicted octanol–water partition coefficient (Wildman–Crippen LogP) is 1.26. The van der Waals surface area contributed by atoms with Gasteiger partial charge in [-0.05, 0) is 44.2 Å². The van der Waals surface area contributed by atoms with E-state index < -0.39 is 0 Å². The third-order valence-electron chi connectivity index (χ3n) is 4.41. The molecule has 18 heavy (non-hydrogen) atoms. The highest BCUT2D eigenvalue weighted by atomic mass is 16.1. The third-order valence-corrected chi connectivity index (χ3v) is 4.41. The van der Waals surface area contributed by atoms with E-state index in [0.717, 1.165) is 45.3 Å². The molecule has 1 aliphatic carbocycles. The average molecular weight is 248 g/mol. The van der Waals surface area contributed by atoms with Crippen molar-refractivity contribution < 1.29 is 4.79 Å². The largest absolute Gasteiger partial charge is 0.317 e. The van der Waals surface area contributed by atoms with E-state index in [9.17, 15) is 4.79 Å². The van der Waals surface area contributed by atoms with E-state index in [1.165, 1.54) is 0 Å². The first kappa shape index (κ1) is 11.8. The minimum absolute atomic E-state index is 0.216. The summed E-state index contributed by atoms with van der Waals surface area (Å²) in [6.45, 7) is 4.97. The summed E-state index contributed by atoms with van der Waals surface area (Å²) in [7, 11) is 0. The normalized spacial score (nSPS) is 25.3. The number of hydrogen-bond donors (Lipinski definition) is 1. The highest BCUT2D eigenvalue weighted by Crippen LogP contribution is 2.59. The van der Waals surface area contributed by atoms with Crippen molar-refractivity contribution in [3.63, 3.8) is 0 Å². The van der Waals surface area contributed by atoms with Crippen molar-refractivity contribution in [3.8, 4) is 0 Å². The standard InChI is InChI=1S/C13H20N4O/c1-2-7-17-11(9-15-16-17)12(18)10-8-13(10)3-5-14-6-4-13/h9-10,14H,2-8H2,1H3. The zero-order valence-corrected chi connectivity index (χ0v) is 10.9. The summed E-state index contributed by atoms with van der Waals surface area (Å²) in [4.78, 5) is 12.5. The van der Waals surface area contributed by atoms with E-state index in [1.807, 2.05) is 0 Å². The predicted molar refractivity (Wildman–Crippen MR) is 67.3 cm³/mol. The molecule has 0 aromatic carbocycles. The number of piperidine rings is 1. The van der Waals surface area contributed by atoms with Crippen molar-refractivity contribution in [1.29, 1.82) is 0 Å². The molecule has 0 radical (unpaired) electrons. The molecule has 2 fully saturated rings. The first-order valence-corrected chi connectivity index (χ1v) is 6.90. The van der Waals surface area contributed by atoms with Crippen LogP contribution in [-0.2, 0) is 6.54 Å². The number of aromatic nitrogens is 3. The topological polar surface area (TPSA) is 59.8 Å². The van der Waals surface area contributed by atoms with Gasteiger partial charge in [-0.15, -0.1) is 5.10 Å². The van der Waals surface area contributed by atoms with Crippen molar-refractivity contribution in [2.24, 2.45) is 11.3 Å². The van der Waals surface area contributed by atoms with Gasteiger partial charge in [0.2, 0.25) is 0 Å². The molecule has 1 unspecified atom stereocenters. The highest BCUT2D eigenvalue weighted by Gasteiger charge is 2.58. The summed E-state index contributed by atoms with van der Waals surface area (Å²) >= 11 is 0. The van der Waals surface area contributed by atoms with Gasteiger partial charge in [0.1, 0.15) is 5.69 Å². The Hall–Kier alpha value is -1.23. The molecule has 2 heterocycles. The number of nitrogens with one attached hydrogen (secondary N) is 1. The van der Waals surface area contributed by atoms with Crippen LogP contribution in [0, 0.1) is 11.3 Å². The molecule has 5 heteroatoms. The number of hydrogen-bond acceptors (Lipinski definition) is 4. The quantitative estimate of drug-likeness (QED) is 0.815. The van der Waals surface area contributed by atoms with Gasteiger partial charge >= 0.3 is 0 Å². The van der Waals surface area contributed by atoms with E-state index in [-0.39, 0.29) is 11.7 Å². The fourth-order valence-electron chi connectivity index (χ4n) is 3.20. The molecular weight excluding hydrogens is 228 g/mol. The Morgan fingerprint density at radius 1 is 1.56 bits per heavy atom. The van der Waals surface area contributed by atoms with Gasteiger partial charge in [0.15, 0.2) is 5.78 Å². The summed E-state index contributed by atoms with van der Waals surface area (Å²) < 4.78 is 1.76. The van der Waals surface area contributed by atoms with Crippen LogP contribution in [0.25, 0.3) is 0 Å². The molecule has 1 saturated carbocycles. The highest BCUT2D eigenvalue weighted by molar-refractivity contribution is 5.98. The molecule has 0 bridgehead atoms. The van der Waals surface area contributed by atoms with Crippen LogP contribution in [0.3, 0.4) is 0 Å². The molecule has 1 saturated heterocycles. The van der Waals surface area contributed by atoms with E-state index in [1.54, 1.807) is 10.9 Å². The Labute approximate surface area is 107 Å². The second-order valence-electron chi connectivity index (χ2n) is 5.58. The van der Waals surface area contributed by atoms with E-state index in [2.05, 4.69) is 22.6 Å². The zero-order chi connectivity index (χ0) is 12.6. The van der Waals surface area contributed by atoms with Crippen LogP contribution in [-0.4, -0.2) is 33.9 Å². The lowest BCUT2D eigenvalue weighted by Crippen LogP contribution is -2.31. The van der Waals surface area contributed by atoms with E-state index in [0.29, 0.717) is 11.1 Å². The molecule has 2 aliphatic rings. The van der Waals surface area contributed by atoms with Gasteiger partial charge in [0.25, 0.3) is 0 Å². The number of aryl methyl sites for hydroxylation is 1. The summed E-state index contributed by atoms with van der Waals surface area (Å²) in [5.74, 6) is 0.476. The zero-order valence-electron chi connectivity index (χ0n) is 10.9. The SMILES string of the molecule is CCCn1nncc1C(=O)C1CC12CCNCC2. The Balaban J connectivity index is 1.74. The molecule has 1 aromatic heterocycles. The van der Waals surface area contributed by atoms with Gasteiger partial charge in [-0.1, -0.05) is 12.1 Å². The van der Waals surface area contributed by atoms with Crippen LogP contribution in [0.1, 0.15) is 43.1 Å². The fourth-order valence-corrected chi connectivity index (χ4v) is 3.20. The smallest absolute Gasteiger partial charge is 0.186 e. The summed E-state index contributed by atoms with van der Waals surface area (Å²) in [5.41, 5.74) is 1.00. The lowest BCUT2D eigenvalue weighted by molar-refractivity contribution is 0.0929. The Morgan fingerprint density at radius 2 is 2.33 bits per heavy atom. The van der Waals surface area contributed by atoms with Gasteiger partial charge in [-0.3, -0.25) is 4.79 Å². The maximum absolute atomic E-state index is 12.5. The molecule has 3 rings (SSSR count). The number of carbonyl (C=O) groups is 1. The van der Waals surface area contributed by atoms with E-state index in [4.69, 9.17) is 0 Å². The molecule has 0 amide bonds. The lowest BCUT2D eigenvalue weighted by Gasteiger charge is -2.23. The van der Waals surface area contributed by atoms with Crippen LogP contribution >= 0.6 is 0 Å². The fraction of sp³-hybridized carbons (Fsp3) is 0.769. The molecule has 1 aromatic rings. The van der Waals surface area contributed by atoms with Crippen LogP contribution in [0.5, 0.6) is 0 Å². The van der Waals surface area contributed by atoms with Gasteiger partial charge < -0.3 is 5.32 Å². The maximum atomic E-state index is 12.5. The third kappa shape index (κ3) is 1.86. The summed E-state index contributed by atoms with van der Waals surface area (Å²) in [6, 6.07) is 0. The van der Waals surface area contributed by atoms with Crippen molar-refractivity contribution in [2.75, 3.05) is 13.1 Å². The molecule has 1 spiro atoms. The second-order valence-corrected chi connectivity index (χ2v) is 5.58. The molecule has 1 aliphatic heterocycles. The van der Waals surface area contributed by atoms with Gasteiger partial charge in [-0.25, -0.2) is 4.68 Å². The first-order valence-electron chi connectivity index (χ1n) is 6.90. The van der Waals surface area contributed by atoms with Gasteiger partial charge in [0, 0.05) is 12.5 Å². The molecule has 1 N–H and O–H groups in total. The van der Waals surface area contributed by atoms with Crippen molar-refractivity contribution >= 4 is 5.78 Å². The molecule has 98 valence electrons. The number of ketones is 1. The van der Waals surface area contributed by atoms with Crippen molar-refractivity contribution in [3.05, 3.63) is 11.9 Å². The Kier molecular flexibility index (Phi) is 2.93. The molecule has 5 nitrogen and oxygen atoms in total. The van der Waals surface area contributed by atoms with Crippen LogP contribution < -0.4 is 5.32 Å². The number of carbonyl (C=O) groups excluding carboxylic acids is 1. The van der Waals surface area contributed by atoms with Crippen LogP contribution in [0.15, 0.2) is 6.20 Å². The maximum Gasteiger partial charge on any atom is 0.186 e. The number of rotatable bonds is 4. The van der Waals surface area contributed by atoms with Gasteiger partial charge in [-0.2, -0.15) is 0 Å². The Morgan fingerprint density at radius 3 is 3.06 bits per heavy atom. The first-order chi connectivity index (χ1) is 8.77. The van der Waals surface area contributed by atoms with Crippen molar-refractivity contribution in [1.82, 2.24) is 20.3 Å². The summed E-state index contributed by atoms with van der Waals surface area (Å²) in [6.07, 6.45) is 5.94. The average Bonchev–Trinajstić information content (AvgIpc) is 2.87. The minimum atomic E-state index is 0.216. The van der Waals surface area contributed by atoms with E-state index >= 15 is 0 Å². The number of nitrogens with zero attached hydrogens (tertiary/aromatic N) is 3. The molecule has 1 atom stereocenters. The van der Waals surface area contributed by atoms with Crippen molar-refractivity contribution in [2.45, 2.75) is 39.2 Å².